The van der Waals surface area contributed by atoms with Crippen LogP contribution in [0.15, 0.2) is 30.3 Å². The number of benzene rings is 2. The number of aromatic hydroxyl groups is 1. The van der Waals surface area contributed by atoms with Crippen LogP contribution >= 0.6 is 0 Å². The Morgan fingerprint density at radius 1 is 0.857 bits per heavy atom. The van der Waals surface area contributed by atoms with Gasteiger partial charge in [0.15, 0.2) is 0 Å². The molecule has 148 valence electrons. The first kappa shape index (κ1) is 17.3. The van der Waals surface area contributed by atoms with Gasteiger partial charge in [-0.1, -0.05) is 30.7 Å². The minimum Gasteiger partial charge on any atom is -0.508 e. The molecule has 1 N–H and O–H groups in total. The molecule has 0 aromatic heterocycles. The summed E-state index contributed by atoms with van der Waals surface area (Å²) in [6.45, 7) is 3.24. The maximum Gasteiger partial charge on any atom is 0.120 e. The van der Waals surface area contributed by atoms with Crippen LogP contribution in [0.3, 0.4) is 0 Å². The van der Waals surface area contributed by atoms with E-state index in [1.807, 2.05) is 6.07 Å². The van der Waals surface area contributed by atoms with E-state index in [2.05, 4.69) is 29.2 Å². The average Bonchev–Trinajstić information content (AvgIpc) is 2.70. The lowest BCUT2D eigenvalue weighted by molar-refractivity contribution is -0.00513. The molecule has 7 rings (SSSR count). The van der Waals surface area contributed by atoms with Crippen molar-refractivity contribution in [2.75, 3.05) is 13.1 Å². The second-order valence-corrected chi connectivity index (χ2v) is 10.5. The Labute approximate surface area is 168 Å². The number of phenolic OH excluding ortho intramolecular Hbond substituents is 1. The predicted octanol–water partition coefficient (Wildman–Crippen LogP) is 6.00. The molecule has 2 nitrogen and oxygen atoms in total. The van der Waals surface area contributed by atoms with Crippen LogP contribution in [0.1, 0.15) is 68.9 Å². The second kappa shape index (κ2) is 6.49. The lowest BCUT2D eigenvalue weighted by Gasteiger charge is -2.57. The first-order chi connectivity index (χ1) is 13.7. The van der Waals surface area contributed by atoms with Gasteiger partial charge in [-0.25, -0.2) is 0 Å². The lowest BCUT2D eigenvalue weighted by Crippen LogP contribution is -2.48. The summed E-state index contributed by atoms with van der Waals surface area (Å²) < 4.78 is 0. The van der Waals surface area contributed by atoms with Crippen molar-refractivity contribution in [3.63, 3.8) is 0 Å². The Bertz CT molecular complexity index is 859. The van der Waals surface area contributed by atoms with Gasteiger partial charge in [-0.05, 0) is 110 Å². The van der Waals surface area contributed by atoms with Crippen LogP contribution in [0.5, 0.6) is 5.75 Å². The largest absolute Gasteiger partial charge is 0.508 e. The van der Waals surface area contributed by atoms with E-state index in [9.17, 15) is 5.11 Å². The Kier molecular flexibility index (Phi) is 4.01. The lowest BCUT2D eigenvalue weighted by atomic mass is 9.48. The summed E-state index contributed by atoms with van der Waals surface area (Å²) in [5, 5.41) is 13.3. The normalized spacial score (nSPS) is 34.9. The molecule has 2 heteroatoms. The monoisotopic (exact) mass is 375 g/mol. The maximum absolute atomic E-state index is 10.7. The van der Waals surface area contributed by atoms with Crippen molar-refractivity contribution >= 4 is 10.8 Å². The molecule has 0 radical (unpaired) electrons. The zero-order valence-corrected chi connectivity index (χ0v) is 17.0. The van der Waals surface area contributed by atoms with E-state index in [-0.39, 0.29) is 0 Å². The van der Waals surface area contributed by atoms with Crippen LogP contribution in [-0.4, -0.2) is 23.1 Å². The first-order valence-electron chi connectivity index (χ1n) is 11.7. The van der Waals surface area contributed by atoms with Crippen LogP contribution in [0.25, 0.3) is 10.8 Å². The highest BCUT2D eigenvalue weighted by molar-refractivity contribution is 5.88. The van der Waals surface area contributed by atoms with Gasteiger partial charge in [0, 0.05) is 12.1 Å². The molecule has 0 unspecified atom stereocenters. The third-order valence-electron chi connectivity index (χ3n) is 8.59. The molecule has 0 amide bonds. The first-order valence-corrected chi connectivity index (χ1v) is 11.7. The molecule has 5 fully saturated rings. The third kappa shape index (κ3) is 2.79. The fourth-order valence-electron chi connectivity index (χ4n) is 7.67. The maximum atomic E-state index is 10.7. The fraction of sp³-hybridized carbons (Fsp3) is 0.615. The summed E-state index contributed by atoms with van der Waals surface area (Å²) in [4.78, 5) is 2.54. The Hall–Kier alpha value is -1.54. The van der Waals surface area contributed by atoms with Gasteiger partial charge in [-0.2, -0.15) is 0 Å². The highest BCUT2D eigenvalue weighted by Gasteiger charge is 2.51. The SMILES string of the molecule is Oc1ccc2ccc(C34CC5CC(CC(C5)C3)C4)cc2c1CN1CCCCC1. The van der Waals surface area contributed by atoms with Gasteiger partial charge < -0.3 is 5.11 Å². The van der Waals surface area contributed by atoms with Crippen molar-refractivity contribution < 1.29 is 5.11 Å². The molecule has 5 aliphatic rings. The molecule has 0 spiro atoms. The molecule has 1 heterocycles. The number of phenols is 1. The Morgan fingerprint density at radius 2 is 1.50 bits per heavy atom. The molecule has 4 aliphatic carbocycles. The summed E-state index contributed by atoms with van der Waals surface area (Å²) >= 11 is 0. The van der Waals surface area contributed by atoms with E-state index in [0.29, 0.717) is 11.2 Å². The average molecular weight is 376 g/mol. The summed E-state index contributed by atoms with van der Waals surface area (Å²) in [5.74, 6) is 3.40. The van der Waals surface area contributed by atoms with E-state index in [1.165, 1.54) is 81.6 Å². The van der Waals surface area contributed by atoms with Crippen molar-refractivity contribution in [1.82, 2.24) is 4.90 Å². The Balaban J connectivity index is 1.41. The molecule has 0 atom stereocenters. The summed E-state index contributed by atoms with van der Waals surface area (Å²) in [7, 11) is 0. The minimum atomic E-state index is 0.427. The van der Waals surface area contributed by atoms with Gasteiger partial charge in [0.25, 0.3) is 0 Å². The highest BCUT2D eigenvalue weighted by Crippen LogP contribution is 2.60. The molecule has 2 aromatic rings. The fourth-order valence-corrected chi connectivity index (χ4v) is 7.67. The summed E-state index contributed by atoms with van der Waals surface area (Å²) in [6.07, 6.45) is 12.7. The van der Waals surface area contributed by atoms with Gasteiger partial charge in [-0.3, -0.25) is 4.90 Å². The number of hydrogen-bond donors (Lipinski definition) is 1. The van der Waals surface area contributed by atoms with Gasteiger partial charge in [-0.15, -0.1) is 0 Å². The van der Waals surface area contributed by atoms with Crippen molar-refractivity contribution in [3.05, 3.63) is 41.5 Å². The van der Waals surface area contributed by atoms with Gasteiger partial charge in [0.2, 0.25) is 0 Å². The van der Waals surface area contributed by atoms with Crippen LogP contribution in [0.4, 0.5) is 0 Å². The van der Waals surface area contributed by atoms with Crippen molar-refractivity contribution in [1.29, 1.82) is 0 Å². The predicted molar refractivity (Wildman–Crippen MR) is 115 cm³/mol. The zero-order chi connectivity index (χ0) is 18.7. The van der Waals surface area contributed by atoms with E-state index in [1.54, 1.807) is 5.56 Å². The molecular weight excluding hydrogens is 342 g/mol. The minimum absolute atomic E-state index is 0.427. The molecule has 1 aliphatic heterocycles. The number of nitrogens with zero attached hydrogens (tertiary/aromatic N) is 1. The molecule has 28 heavy (non-hydrogen) atoms. The second-order valence-electron chi connectivity index (χ2n) is 10.5. The van der Waals surface area contributed by atoms with E-state index < -0.39 is 0 Å². The quantitative estimate of drug-likeness (QED) is 0.711. The number of likely N-dealkylation sites (tertiary alicyclic amines) is 1. The van der Waals surface area contributed by atoms with Crippen molar-refractivity contribution in [2.45, 2.75) is 69.7 Å². The van der Waals surface area contributed by atoms with Gasteiger partial charge in [0.05, 0.1) is 0 Å². The Morgan fingerprint density at radius 3 is 2.18 bits per heavy atom. The molecule has 2 aromatic carbocycles. The molecule has 1 saturated heterocycles. The van der Waals surface area contributed by atoms with E-state index in [0.717, 1.165) is 29.9 Å². The summed E-state index contributed by atoms with van der Waals surface area (Å²) in [5.41, 5.74) is 3.16. The number of hydrogen-bond acceptors (Lipinski definition) is 2. The molecule has 4 bridgehead atoms. The molecule has 4 saturated carbocycles. The van der Waals surface area contributed by atoms with E-state index in [4.69, 9.17) is 0 Å². The van der Waals surface area contributed by atoms with Crippen LogP contribution in [0, 0.1) is 17.8 Å². The van der Waals surface area contributed by atoms with Crippen LogP contribution in [0.2, 0.25) is 0 Å². The van der Waals surface area contributed by atoms with Gasteiger partial charge >= 0.3 is 0 Å². The number of rotatable bonds is 3. The van der Waals surface area contributed by atoms with Crippen molar-refractivity contribution in [2.24, 2.45) is 17.8 Å². The summed E-state index contributed by atoms with van der Waals surface area (Å²) in [6, 6.07) is 11.3. The highest BCUT2D eigenvalue weighted by atomic mass is 16.3. The van der Waals surface area contributed by atoms with E-state index >= 15 is 0 Å². The number of fused-ring (bicyclic) bond motifs is 1. The van der Waals surface area contributed by atoms with Crippen molar-refractivity contribution in [3.8, 4) is 5.75 Å². The third-order valence-corrected chi connectivity index (χ3v) is 8.59. The smallest absolute Gasteiger partial charge is 0.120 e. The standard InChI is InChI=1S/C26H33NO/c28-25-7-5-21-4-6-22(13-23(21)24(25)17-27-8-2-1-3-9-27)26-14-18-10-19(15-26)12-20(11-18)16-26/h4-7,13,18-20,28H,1-3,8-12,14-17H2. The van der Waals surface area contributed by atoms with Crippen LogP contribution < -0.4 is 0 Å². The van der Waals surface area contributed by atoms with Crippen LogP contribution in [-0.2, 0) is 12.0 Å². The topological polar surface area (TPSA) is 23.5 Å². The van der Waals surface area contributed by atoms with Gasteiger partial charge in [0.1, 0.15) is 5.75 Å². The zero-order valence-electron chi connectivity index (χ0n) is 17.0. The number of piperidine rings is 1. The molecular formula is C26H33NO.